The Kier molecular flexibility index (Phi) is 5.50. The second-order valence-electron chi connectivity index (χ2n) is 7.69. The third-order valence-corrected chi connectivity index (χ3v) is 6.53. The summed E-state index contributed by atoms with van der Waals surface area (Å²) in [6.45, 7) is 7.27. The molecule has 1 atom stereocenters. The van der Waals surface area contributed by atoms with Crippen LogP contribution in [-0.4, -0.2) is 11.7 Å². The SMILES string of the molecule is CC(C)(C)c1ccc(C(O)C2(CN)CCCCCCC2)s1. The Balaban J connectivity index is 2.22. The predicted octanol–water partition coefficient (Wildman–Crippen LogP) is 4.77. The molecule has 1 aliphatic carbocycles. The molecule has 1 heterocycles. The molecule has 0 saturated heterocycles. The van der Waals surface area contributed by atoms with E-state index in [-0.39, 0.29) is 10.8 Å². The van der Waals surface area contributed by atoms with Gasteiger partial charge in [0.2, 0.25) is 0 Å². The first-order valence-corrected chi connectivity index (χ1v) is 9.19. The van der Waals surface area contributed by atoms with E-state index in [4.69, 9.17) is 5.73 Å². The molecule has 1 aliphatic rings. The first kappa shape index (κ1) is 17.0. The standard InChI is InChI=1S/C18H31NOS/c1-17(2,3)15-10-9-14(21-15)16(20)18(13-19)11-7-5-4-6-8-12-18/h9-10,16,20H,4-8,11-13,19H2,1-3H3. The zero-order valence-corrected chi connectivity index (χ0v) is 14.6. The van der Waals surface area contributed by atoms with Crippen LogP contribution < -0.4 is 5.73 Å². The fourth-order valence-corrected chi connectivity index (χ4v) is 4.60. The van der Waals surface area contributed by atoms with Crippen molar-refractivity contribution >= 4 is 11.3 Å². The largest absolute Gasteiger partial charge is 0.387 e. The van der Waals surface area contributed by atoms with Crippen LogP contribution in [-0.2, 0) is 5.41 Å². The molecule has 3 heteroatoms. The molecular formula is C18H31NOS. The molecule has 1 unspecified atom stereocenters. The fraction of sp³-hybridized carbons (Fsp3) is 0.778. The Bertz CT molecular complexity index is 438. The lowest BCUT2D eigenvalue weighted by Gasteiger charge is -2.38. The van der Waals surface area contributed by atoms with Gasteiger partial charge in [0.25, 0.3) is 0 Å². The van der Waals surface area contributed by atoms with Crippen molar-refractivity contribution in [3.8, 4) is 0 Å². The molecule has 0 amide bonds. The van der Waals surface area contributed by atoms with Gasteiger partial charge >= 0.3 is 0 Å². The van der Waals surface area contributed by atoms with Gasteiger partial charge in [-0.15, -0.1) is 11.3 Å². The molecule has 1 saturated carbocycles. The van der Waals surface area contributed by atoms with Crippen molar-refractivity contribution in [1.82, 2.24) is 0 Å². The number of nitrogens with two attached hydrogens (primary N) is 1. The number of thiophene rings is 1. The summed E-state index contributed by atoms with van der Waals surface area (Å²) in [5, 5.41) is 11.0. The van der Waals surface area contributed by atoms with E-state index in [1.54, 1.807) is 11.3 Å². The molecule has 0 aromatic carbocycles. The van der Waals surface area contributed by atoms with Gasteiger partial charge in [0, 0.05) is 21.7 Å². The van der Waals surface area contributed by atoms with E-state index in [9.17, 15) is 5.11 Å². The van der Waals surface area contributed by atoms with Gasteiger partial charge in [-0.1, -0.05) is 52.9 Å². The Labute approximate surface area is 133 Å². The van der Waals surface area contributed by atoms with E-state index >= 15 is 0 Å². The molecule has 0 aliphatic heterocycles. The smallest absolute Gasteiger partial charge is 0.0950 e. The Morgan fingerprint density at radius 1 is 1.14 bits per heavy atom. The van der Waals surface area contributed by atoms with E-state index in [1.165, 1.54) is 37.0 Å². The molecule has 2 nitrogen and oxygen atoms in total. The quantitative estimate of drug-likeness (QED) is 0.845. The van der Waals surface area contributed by atoms with Crippen LogP contribution in [0.5, 0.6) is 0 Å². The monoisotopic (exact) mass is 309 g/mol. The van der Waals surface area contributed by atoms with Gasteiger partial charge in [-0.05, 0) is 30.4 Å². The molecule has 3 N–H and O–H groups in total. The van der Waals surface area contributed by atoms with Crippen molar-refractivity contribution in [2.45, 2.75) is 77.2 Å². The summed E-state index contributed by atoms with van der Waals surface area (Å²) >= 11 is 1.76. The van der Waals surface area contributed by atoms with E-state index in [0.717, 1.165) is 17.7 Å². The molecule has 0 spiro atoms. The topological polar surface area (TPSA) is 46.2 Å². The van der Waals surface area contributed by atoms with Gasteiger partial charge in [0.1, 0.15) is 0 Å². The second-order valence-corrected chi connectivity index (χ2v) is 8.80. The average molecular weight is 310 g/mol. The fourth-order valence-electron chi connectivity index (χ4n) is 3.40. The summed E-state index contributed by atoms with van der Waals surface area (Å²) in [6.07, 6.45) is 8.03. The highest BCUT2D eigenvalue weighted by Crippen LogP contribution is 2.46. The van der Waals surface area contributed by atoms with E-state index in [2.05, 4.69) is 32.9 Å². The summed E-state index contributed by atoms with van der Waals surface area (Å²) in [6, 6.07) is 4.29. The lowest BCUT2D eigenvalue weighted by Crippen LogP contribution is -2.37. The average Bonchev–Trinajstić information content (AvgIpc) is 2.88. The van der Waals surface area contributed by atoms with Crippen molar-refractivity contribution < 1.29 is 5.11 Å². The Hall–Kier alpha value is -0.380. The van der Waals surface area contributed by atoms with Crippen LogP contribution in [0.3, 0.4) is 0 Å². The van der Waals surface area contributed by atoms with Crippen molar-refractivity contribution in [3.05, 3.63) is 21.9 Å². The summed E-state index contributed by atoms with van der Waals surface area (Å²) in [7, 11) is 0. The second kappa shape index (κ2) is 6.80. The first-order valence-electron chi connectivity index (χ1n) is 8.37. The number of hydrogen-bond acceptors (Lipinski definition) is 3. The van der Waals surface area contributed by atoms with Crippen molar-refractivity contribution in [1.29, 1.82) is 0 Å². The van der Waals surface area contributed by atoms with E-state index < -0.39 is 6.10 Å². The van der Waals surface area contributed by atoms with Crippen LogP contribution in [0.2, 0.25) is 0 Å². The highest BCUT2D eigenvalue weighted by atomic mass is 32.1. The van der Waals surface area contributed by atoms with Crippen LogP contribution in [0.25, 0.3) is 0 Å². The third-order valence-electron chi connectivity index (χ3n) is 4.97. The van der Waals surface area contributed by atoms with Gasteiger partial charge < -0.3 is 10.8 Å². The molecule has 1 aromatic rings. The maximum atomic E-state index is 11.0. The minimum absolute atomic E-state index is 0.111. The van der Waals surface area contributed by atoms with Crippen LogP contribution in [0.4, 0.5) is 0 Å². The molecular weight excluding hydrogens is 278 g/mol. The summed E-state index contributed by atoms with van der Waals surface area (Å²) in [5.74, 6) is 0. The minimum Gasteiger partial charge on any atom is -0.387 e. The zero-order chi connectivity index (χ0) is 15.5. The Morgan fingerprint density at radius 2 is 1.71 bits per heavy atom. The molecule has 1 aromatic heterocycles. The van der Waals surface area contributed by atoms with Crippen LogP contribution in [0, 0.1) is 5.41 Å². The minimum atomic E-state index is -0.401. The number of aliphatic hydroxyl groups is 1. The number of aliphatic hydroxyl groups excluding tert-OH is 1. The van der Waals surface area contributed by atoms with Gasteiger partial charge in [-0.3, -0.25) is 0 Å². The summed E-state index contributed by atoms with van der Waals surface area (Å²) in [5.41, 5.74) is 6.18. The highest BCUT2D eigenvalue weighted by Gasteiger charge is 2.38. The first-order chi connectivity index (χ1) is 9.89. The summed E-state index contributed by atoms with van der Waals surface area (Å²) in [4.78, 5) is 2.44. The van der Waals surface area contributed by atoms with Crippen LogP contribution in [0.15, 0.2) is 12.1 Å². The third kappa shape index (κ3) is 3.88. The molecule has 0 radical (unpaired) electrons. The highest BCUT2D eigenvalue weighted by molar-refractivity contribution is 7.12. The molecule has 0 bridgehead atoms. The Morgan fingerprint density at radius 3 is 2.19 bits per heavy atom. The van der Waals surface area contributed by atoms with Gasteiger partial charge in [-0.25, -0.2) is 0 Å². The molecule has 2 rings (SSSR count). The maximum absolute atomic E-state index is 11.0. The lowest BCUT2D eigenvalue weighted by molar-refractivity contribution is 0.0110. The zero-order valence-electron chi connectivity index (χ0n) is 13.8. The van der Waals surface area contributed by atoms with Gasteiger partial charge in [-0.2, -0.15) is 0 Å². The van der Waals surface area contributed by atoms with Crippen molar-refractivity contribution in [2.75, 3.05) is 6.54 Å². The maximum Gasteiger partial charge on any atom is 0.0950 e. The normalized spacial score (nSPS) is 21.6. The van der Waals surface area contributed by atoms with E-state index in [0.29, 0.717) is 6.54 Å². The van der Waals surface area contributed by atoms with Gasteiger partial charge in [0.15, 0.2) is 0 Å². The molecule has 1 fully saturated rings. The lowest BCUT2D eigenvalue weighted by atomic mass is 9.71. The van der Waals surface area contributed by atoms with E-state index in [1.807, 2.05) is 0 Å². The summed E-state index contributed by atoms with van der Waals surface area (Å²) < 4.78 is 0. The van der Waals surface area contributed by atoms with Crippen molar-refractivity contribution in [2.24, 2.45) is 11.1 Å². The number of rotatable bonds is 3. The van der Waals surface area contributed by atoms with Crippen LogP contribution >= 0.6 is 11.3 Å². The predicted molar refractivity (Wildman–Crippen MR) is 91.8 cm³/mol. The van der Waals surface area contributed by atoms with Crippen molar-refractivity contribution in [3.63, 3.8) is 0 Å². The molecule has 120 valence electrons. The van der Waals surface area contributed by atoms with Crippen LogP contribution in [0.1, 0.15) is 81.6 Å². The van der Waals surface area contributed by atoms with Gasteiger partial charge in [0.05, 0.1) is 6.10 Å². The molecule has 21 heavy (non-hydrogen) atoms. The number of hydrogen-bond donors (Lipinski definition) is 2.